The van der Waals surface area contributed by atoms with Crippen LogP contribution in [0, 0.1) is 0 Å². The third-order valence-electron chi connectivity index (χ3n) is 0.602. The van der Waals surface area contributed by atoms with E-state index in [0.717, 1.165) is 6.16 Å². The number of thioether (sulfide) groups is 1. The van der Waals surface area contributed by atoms with E-state index in [-0.39, 0.29) is 0 Å². The highest BCUT2D eigenvalue weighted by Gasteiger charge is 1.86. The molecule has 8 heavy (non-hydrogen) atoms. The first-order valence-corrected chi connectivity index (χ1v) is 5.08. The maximum atomic E-state index is 5.29. The average Bonchev–Trinajstić information content (AvgIpc) is 1.83. The molecule has 0 saturated carbocycles. The summed E-state index contributed by atoms with van der Waals surface area (Å²) >= 11 is 2.99. The smallest absolute Gasteiger partial charge is 0.0514 e. The Hall–Kier alpha value is 0.830. The zero-order valence-corrected chi connectivity index (χ0v) is 7.54. The number of allylic oxidation sites excluding steroid dienone is 1. The first-order chi connectivity index (χ1) is 3.85. The van der Waals surface area contributed by atoms with Crippen LogP contribution >= 0.6 is 32.9 Å². The number of rotatable bonds is 3. The van der Waals surface area contributed by atoms with Crippen LogP contribution in [-0.2, 0) is 0 Å². The molecule has 1 atom stereocenters. The maximum Gasteiger partial charge on any atom is 0.0514 e. The molecule has 0 saturated heterocycles. The molecule has 4 heteroatoms. The molecule has 0 aromatic heterocycles. The van der Waals surface area contributed by atoms with Crippen molar-refractivity contribution in [1.82, 2.24) is 0 Å². The number of hydrogen-bond acceptors (Lipinski definition) is 3. The SMILES string of the molecule is CS/C(=C/CP)SN. The molecule has 0 aromatic carbocycles. The largest absolute Gasteiger partial charge is 0.273 e. The lowest BCUT2D eigenvalue weighted by Gasteiger charge is -1.93. The van der Waals surface area contributed by atoms with Gasteiger partial charge in [0, 0.05) is 0 Å². The van der Waals surface area contributed by atoms with E-state index in [1.54, 1.807) is 11.8 Å². The van der Waals surface area contributed by atoms with E-state index >= 15 is 0 Å². The van der Waals surface area contributed by atoms with Crippen LogP contribution in [0.15, 0.2) is 10.3 Å². The predicted molar refractivity (Wildman–Crippen MR) is 48.0 cm³/mol. The molecule has 0 radical (unpaired) electrons. The summed E-state index contributed by atoms with van der Waals surface area (Å²) in [6.45, 7) is 0. The third-order valence-corrected chi connectivity index (χ3v) is 2.59. The Balaban J connectivity index is 3.49. The summed E-state index contributed by atoms with van der Waals surface area (Å²) in [6, 6.07) is 0. The number of hydrogen-bond donors (Lipinski definition) is 1. The van der Waals surface area contributed by atoms with Crippen LogP contribution in [0.3, 0.4) is 0 Å². The van der Waals surface area contributed by atoms with Crippen molar-refractivity contribution in [3.63, 3.8) is 0 Å². The van der Waals surface area contributed by atoms with Crippen LogP contribution < -0.4 is 5.14 Å². The van der Waals surface area contributed by atoms with Gasteiger partial charge in [-0.15, -0.1) is 21.0 Å². The van der Waals surface area contributed by atoms with Crippen molar-refractivity contribution < 1.29 is 0 Å². The molecule has 2 N–H and O–H groups in total. The Kier molecular flexibility index (Phi) is 6.58. The zero-order chi connectivity index (χ0) is 6.41. The second kappa shape index (κ2) is 5.96. The highest BCUT2D eigenvalue weighted by Crippen LogP contribution is 2.20. The highest BCUT2D eigenvalue weighted by molar-refractivity contribution is 8.21. The molecular formula is C4H10NPS2. The van der Waals surface area contributed by atoms with Crippen LogP contribution in [0.25, 0.3) is 0 Å². The van der Waals surface area contributed by atoms with Crippen molar-refractivity contribution in [2.24, 2.45) is 5.14 Å². The lowest BCUT2D eigenvalue weighted by molar-refractivity contribution is 1.80. The third kappa shape index (κ3) is 3.79. The van der Waals surface area contributed by atoms with Crippen molar-refractivity contribution in [2.75, 3.05) is 12.4 Å². The van der Waals surface area contributed by atoms with Crippen LogP contribution in [0.4, 0.5) is 0 Å². The summed E-state index contributed by atoms with van der Waals surface area (Å²) in [5, 5.41) is 5.29. The van der Waals surface area contributed by atoms with Gasteiger partial charge >= 0.3 is 0 Å². The Labute approximate surface area is 61.2 Å². The minimum absolute atomic E-state index is 0.986. The molecule has 0 aliphatic carbocycles. The average molecular weight is 167 g/mol. The second-order valence-corrected chi connectivity index (χ2v) is 3.33. The van der Waals surface area contributed by atoms with E-state index < -0.39 is 0 Å². The molecule has 0 aliphatic heterocycles. The minimum atomic E-state index is 0.986. The van der Waals surface area contributed by atoms with E-state index in [1.165, 1.54) is 16.2 Å². The summed E-state index contributed by atoms with van der Waals surface area (Å²) in [4.78, 5) is 0. The minimum Gasteiger partial charge on any atom is -0.273 e. The second-order valence-electron chi connectivity index (χ2n) is 1.08. The quantitative estimate of drug-likeness (QED) is 0.511. The van der Waals surface area contributed by atoms with Gasteiger partial charge in [-0.2, -0.15) is 0 Å². The van der Waals surface area contributed by atoms with Crippen molar-refractivity contribution in [1.29, 1.82) is 0 Å². The molecule has 0 spiro atoms. The molecule has 0 fully saturated rings. The summed E-state index contributed by atoms with van der Waals surface area (Å²) in [5.74, 6) is 0. The van der Waals surface area contributed by atoms with Crippen LogP contribution in [0.2, 0.25) is 0 Å². The lowest BCUT2D eigenvalue weighted by atomic mass is 10.8. The van der Waals surface area contributed by atoms with Gasteiger partial charge in [0.25, 0.3) is 0 Å². The lowest BCUT2D eigenvalue weighted by Crippen LogP contribution is -1.77. The predicted octanol–water partition coefficient (Wildman–Crippen LogP) is 1.67. The molecule has 48 valence electrons. The summed E-state index contributed by atoms with van der Waals surface area (Å²) in [7, 11) is 2.62. The van der Waals surface area contributed by atoms with Crippen LogP contribution in [-0.4, -0.2) is 12.4 Å². The van der Waals surface area contributed by atoms with Crippen molar-refractivity contribution in [2.45, 2.75) is 0 Å². The fourth-order valence-electron chi connectivity index (χ4n) is 0.276. The molecule has 0 heterocycles. The van der Waals surface area contributed by atoms with Gasteiger partial charge in [-0.3, -0.25) is 5.14 Å². The van der Waals surface area contributed by atoms with Crippen molar-refractivity contribution in [3.8, 4) is 0 Å². The van der Waals surface area contributed by atoms with E-state index in [4.69, 9.17) is 5.14 Å². The maximum absolute atomic E-state index is 5.29. The van der Waals surface area contributed by atoms with Gasteiger partial charge in [0.15, 0.2) is 0 Å². The Morgan fingerprint density at radius 3 is 2.62 bits per heavy atom. The fourth-order valence-corrected chi connectivity index (χ4v) is 1.69. The van der Waals surface area contributed by atoms with E-state index in [1.807, 2.05) is 6.26 Å². The molecule has 1 unspecified atom stereocenters. The normalized spacial score (nSPS) is 12.1. The van der Waals surface area contributed by atoms with E-state index in [2.05, 4.69) is 15.3 Å². The molecule has 1 nitrogen and oxygen atoms in total. The topological polar surface area (TPSA) is 26.0 Å². The highest BCUT2D eigenvalue weighted by atomic mass is 32.2. The zero-order valence-electron chi connectivity index (χ0n) is 4.76. The summed E-state index contributed by atoms with van der Waals surface area (Å²) < 4.78 is 1.18. The van der Waals surface area contributed by atoms with E-state index in [0.29, 0.717) is 0 Å². The monoisotopic (exact) mass is 167 g/mol. The van der Waals surface area contributed by atoms with Gasteiger partial charge in [0.2, 0.25) is 0 Å². The molecule has 0 aromatic rings. The Bertz CT molecular complexity index is 78.1. The van der Waals surface area contributed by atoms with Gasteiger partial charge in [0.1, 0.15) is 0 Å². The molecule has 0 aliphatic rings. The summed E-state index contributed by atoms with van der Waals surface area (Å²) in [6.07, 6.45) is 5.09. The molecule has 0 amide bonds. The van der Waals surface area contributed by atoms with Crippen molar-refractivity contribution in [3.05, 3.63) is 10.3 Å². The van der Waals surface area contributed by atoms with Gasteiger partial charge in [-0.1, -0.05) is 6.08 Å². The van der Waals surface area contributed by atoms with Gasteiger partial charge < -0.3 is 0 Å². The standard InChI is InChI=1S/C4H10NPS2/c1-7-4(8-5)2-3-6/h2H,3,5-6H2,1H3/b4-2-. The molecule has 0 rings (SSSR count). The van der Waals surface area contributed by atoms with Gasteiger partial charge in [-0.05, 0) is 24.4 Å². The van der Waals surface area contributed by atoms with Crippen LogP contribution in [0.1, 0.15) is 0 Å². The first-order valence-electron chi connectivity index (χ1n) is 2.16. The summed E-state index contributed by atoms with van der Waals surface area (Å²) in [5.41, 5.74) is 0. The molecular weight excluding hydrogens is 157 g/mol. The Morgan fingerprint density at radius 2 is 2.50 bits per heavy atom. The van der Waals surface area contributed by atoms with Gasteiger partial charge in [0.05, 0.1) is 4.24 Å². The van der Waals surface area contributed by atoms with E-state index in [9.17, 15) is 0 Å². The van der Waals surface area contributed by atoms with Gasteiger partial charge in [-0.25, -0.2) is 0 Å². The number of nitrogens with two attached hydrogens (primary N) is 1. The van der Waals surface area contributed by atoms with Crippen LogP contribution in [0.5, 0.6) is 0 Å². The Morgan fingerprint density at radius 1 is 1.88 bits per heavy atom. The molecule has 0 bridgehead atoms. The first kappa shape index (κ1) is 8.83. The fraction of sp³-hybridized carbons (Fsp3) is 0.500. The van der Waals surface area contributed by atoms with Crippen molar-refractivity contribution >= 4 is 32.9 Å².